The minimum absolute atomic E-state index is 0.117. The number of hydrogen-bond donors (Lipinski definition) is 0. The zero-order chi connectivity index (χ0) is 17.8. The monoisotopic (exact) mass is 347 g/mol. The van der Waals surface area contributed by atoms with Crippen LogP contribution < -0.4 is 9.80 Å². The lowest BCUT2D eigenvalue weighted by molar-refractivity contribution is -0.126. The highest BCUT2D eigenvalue weighted by molar-refractivity contribution is 5.90. The van der Waals surface area contributed by atoms with Crippen molar-refractivity contribution >= 4 is 23.3 Å². The molecule has 0 radical (unpaired) electrons. The van der Waals surface area contributed by atoms with E-state index >= 15 is 0 Å². The minimum atomic E-state index is -0.342. The van der Waals surface area contributed by atoms with Crippen LogP contribution in [0.2, 0.25) is 0 Å². The molecule has 1 aromatic carbocycles. The van der Waals surface area contributed by atoms with Gasteiger partial charge in [-0.05, 0) is 37.6 Å². The summed E-state index contributed by atoms with van der Waals surface area (Å²) in [7, 11) is 1.94. The van der Waals surface area contributed by atoms with Crippen LogP contribution in [-0.2, 0) is 14.4 Å². The first-order valence-corrected chi connectivity index (χ1v) is 8.69. The second-order valence-corrected chi connectivity index (χ2v) is 6.55. The van der Waals surface area contributed by atoms with E-state index in [9.17, 15) is 9.59 Å². The van der Waals surface area contributed by atoms with Crippen molar-refractivity contribution in [1.82, 2.24) is 5.06 Å². The largest absolute Gasteiger partial charge is 0.444 e. The molecule has 7 heteroatoms. The maximum absolute atomic E-state index is 12.1. The number of nitrogens with zero attached hydrogens (tertiary/aromatic N) is 3. The Labute approximate surface area is 148 Å². The van der Waals surface area contributed by atoms with Crippen molar-refractivity contribution < 1.29 is 19.2 Å². The molecule has 0 bridgehead atoms. The fourth-order valence-corrected chi connectivity index (χ4v) is 3.09. The lowest BCUT2D eigenvalue weighted by atomic mass is 10.1. The number of carbonyl (C=O) groups excluding carboxylic acids is 2. The number of ketones is 1. The summed E-state index contributed by atoms with van der Waals surface area (Å²) in [6, 6.07) is 7.94. The molecule has 2 aliphatic rings. The summed E-state index contributed by atoms with van der Waals surface area (Å²) in [6.07, 6.45) is 0.466. The van der Waals surface area contributed by atoms with Crippen LogP contribution >= 0.6 is 0 Å². The number of hydrogen-bond acceptors (Lipinski definition) is 6. The van der Waals surface area contributed by atoms with Gasteiger partial charge in [0.15, 0.2) is 0 Å². The van der Waals surface area contributed by atoms with Crippen LogP contribution in [0.4, 0.5) is 16.2 Å². The lowest BCUT2D eigenvalue weighted by Crippen LogP contribution is -2.29. The van der Waals surface area contributed by atoms with E-state index in [2.05, 4.69) is 4.90 Å². The summed E-state index contributed by atoms with van der Waals surface area (Å²) in [6.45, 7) is 5.29. The van der Waals surface area contributed by atoms with Gasteiger partial charge in [-0.2, -0.15) is 5.06 Å². The van der Waals surface area contributed by atoms with Crippen molar-refractivity contribution in [2.75, 3.05) is 49.6 Å². The molecule has 2 fully saturated rings. The van der Waals surface area contributed by atoms with Gasteiger partial charge < -0.3 is 14.4 Å². The van der Waals surface area contributed by atoms with Gasteiger partial charge >= 0.3 is 6.09 Å². The van der Waals surface area contributed by atoms with Gasteiger partial charge in [0, 0.05) is 44.5 Å². The molecular weight excluding hydrogens is 322 g/mol. The Bertz CT molecular complexity index is 619. The smallest absolute Gasteiger partial charge is 0.414 e. The van der Waals surface area contributed by atoms with Gasteiger partial charge in [-0.1, -0.05) is 0 Å². The van der Waals surface area contributed by atoms with E-state index in [0.29, 0.717) is 26.0 Å². The van der Waals surface area contributed by atoms with Crippen LogP contribution in [0.1, 0.15) is 19.8 Å². The zero-order valence-corrected chi connectivity index (χ0v) is 14.8. The summed E-state index contributed by atoms with van der Waals surface area (Å²) >= 11 is 0. The molecule has 2 saturated heterocycles. The number of carbonyl (C=O) groups is 2. The highest BCUT2D eigenvalue weighted by Crippen LogP contribution is 2.26. The number of likely N-dealkylation sites (N-methyl/N-ethyl adjacent to an activating group) is 1. The highest BCUT2D eigenvalue weighted by atomic mass is 16.7. The van der Waals surface area contributed by atoms with E-state index < -0.39 is 0 Å². The molecule has 0 saturated carbocycles. The maximum Gasteiger partial charge on any atom is 0.414 e. The second kappa shape index (κ2) is 7.84. The number of rotatable bonds is 5. The van der Waals surface area contributed by atoms with Crippen molar-refractivity contribution in [3.05, 3.63) is 24.3 Å². The predicted octanol–water partition coefficient (Wildman–Crippen LogP) is 2.06. The molecule has 0 unspecified atom stereocenters. The van der Waals surface area contributed by atoms with Gasteiger partial charge in [-0.15, -0.1) is 0 Å². The fourth-order valence-electron chi connectivity index (χ4n) is 3.09. The number of benzene rings is 1. The maximum atomic E-state index is 12.1. The number of ether oxygens (including phenoxy) is 1. The second-order valence-electron chi connectivity index (χ2n) is 6.55. The Morgan fingerprint density at radius 1 is 1.16 bits per heavy atom. The summed E-state index contributed by atoms with van der Waals surface area (Å²) < 4.78 is 5.36. The van der Waals surface area contributed by atoms with Crippen molar-refractivity contribution in [3.63, 3.8) is 0 Å². The SMILES string of the molecule is CC(=O)CC[C@H]1CN(c2ccc(N3CCON(C)CC3)cc2)C(=O)O1. The molecule has 2 heterocycles. The standard InChI is InChI=1S/C18H25N3O4/c1-14(22)3-8-17-13-21(18(23)25-17)16-6-4-15(5-7-16)20-10-9-19(2)24-12-11-20/h4-7,17H,3,8-13H2,1-2H3/t17-/m0/s1. The number of hydroxylamine groups is 2. The van der Waals surface area contributed by atoms with Gasteiger partial charge in [-0.3, -0.25) is 9.74 Å². The molecule has 136 valence electrons. The average molecular weight is 347 g/mol. The first-order valence-electron chi connectivity index (χ1n) is 8.69. The Balaban J connectivity index is 1.62. The van der Waals surface area contributed by atoms with Gasteiger partial charge in [0.2, 0.25) is 0 Å². The third-order valence-corrected chi connectivity index (χ3v) is 4.58. The van der Waals surface area contributed by atoms with E-state index in [-0.39, 0.29) is 18.0 Å². The fraction of sp³-hybridized carbons (Fsp3) is 0.556. The topological polar surface area (TPSA) is 62.3 Å². The van der Waals surface area contributed by atoms with Gasteiger partial charge in [-0.25, -0.2) is 4.79 Å². The highest BCUT2D eigenvalue weighted by Gasteiger charge is 2.32. The zero-order valence-electron chi connectivity index (χ0n) is 14.8. The van der Waals surface area contributed by atoms with E-state index in [1.54, 1.807) is 11.8 Å². The van der Waals surface area contributed by atoms with Crippen LogP contribution in [0.15, 0.2) is 24.3 Å². The quantitative estimate of drug-likeness (QED) is 0.812. The molecular formula is C18H25N3O4. The molecule has 0 aromatic heterocycles. The normalized spacial score (nSPS) is 22.0. The minimum Gasteiger partial charge on any atom is -0.444 e. The van der Waals surface area contributed by atoms with E-state index in [4.69, 9.17) is 9.57 Å². The molecule has 1 aromatic rings. The molecule has 2 aliphatic heterocycles. The Hall–Kier alpha value is -2.12. The van der Waals surface area contributed by atoms with E-state index in [1.807, 2.05) is 36.4 Å². The summed E-state index contributed by atoms with van der Waals surface area (Å²) in [5.41, 5.74) is 1.94. The summed E-state index contributed by atoms with van der Waals surface area (Å²) in [5, 5.41) is 1.86. The van der Waals surface area contributed by atoms with Gasteiger partial charge in [0.25, 0.3) is 0 Å². The first-order chi connectivity index (χ1) is 12.0. The van der Waals surface area contributed by atoms with Gasteiger partial charge in [0.05, 0.1) is 13.2 Å². The number of amides is 1. The number of cyclic esters (lactones) is 1. The van der Waals surface area contributed by atoms with Gasteiger partial charge in [0.1, 0.15) is 11.9 Å². The number of anilines is 2. The molecule has 0 spiro atoms. The van der Waals surface area contributed by atoms with Crippen LogP contribution in [0.3, 0.4) is 0 Å². The molecule has 25 heavy (non-hydrogen) atoms. The molecule has 0 N–H and O–H groups in total. The van der Waals surface area contributed by atoms with Crippen molar-refractivity contribution in [1.29, 1.82) is 0 Å². The van der Waals surface area contributed by atoms with Crippen LogP contribution in [-0.4, -0.2) is 62.9 Å². The predicted molar refractivity (Wildman–Crippen MR) is 94.8 cm³/mol. The Morgan fingerprint density at radius 3 is 2.60 bits per heavy atom. The molecule has 3 rings (SSSR count). The Morgan fingerprint density at radius 2 is 1.88 bits per heavy atom. The molecule has 1 amide bonds. The molecule has 0 aliphatic carbocycles. The van der Waals surface area contributed by atoms with Crippen LogP contribution in [0.5, 0.6) is 0 Å². The van der Waals surface area contributed by atoms with Crippen LogP contribution in [0, 0.1) is 0 Å². The average Bonchev–Trinajstić information content (AvgIpc) is 2.82. The lowest BCUT2D eigenvalue weighted by Gasteiger charge is -2.22. The van der Waals surface area contributed by atoms with E-state index in [0.717, 1.165) is 31.0 Å². The van der Waals surface area contributed by atoms with Crippen molar-refractivity contribution in [2.45, 2.75) is 25.9 Å². The Kier molecular flexibility index (Phi) is 5.55. The molecule has 7 nitrogen and oxygen atoms in total. The third kappa shape index (κ3) is 4.49. The van der Waals surface area contributed by atoms with E-state index in [1.165, 1.54) is 0 Å². The van der Waals surface area contributed by atoms with Crippen molar-refractivity contribution in [3.8, 4) is 0 Å². The molecule has 1 atom stereocenters. The van der Waals surface area contributed by atoms with Crippen LogP contribution in [0.25, 0.3) is 0 Å². The first kappa shape index (κ1) is 17.7. The third-order valence-electron chi connectivity index (χ3n) is 4.58. The number of Topliss-reactive ketones (excluding diaryl/α,β-unsaturated/α-hetero) is 1. The summed E-state index contributed by atoms with van der Waals surface area (Å²) in [4.78, 5) is 32.6. The summed E-state index contributed by atoms with van der Waals surface area (Å²) in [5.74, 6) is 0.117. The van der Waals surface area contributed by atoms with Crippen molar-refractivity contribution in [2.24, 2.45) is 0 Å².